The van der Waals surface area contributed by atoms with Crippen molar-refractivity contribution in [3.8, 4) is 11.5 Å². The molecule has 1 aromatic carbocycles. The van der Waals surface area contributed by atoms with Gasteiger partial charge < -0.3 is 20.9 Å². The summed E-state index contributed by atoms with van der Waals surface area (Å²) in [5.41, 5.74) is 15.1. The van der Waals surface area contributed by atoms with Gasteiger partial charge in [0.2, 0.25) is 5.95 Å². The van der Waals surface area contributed by atoms with Gasteiger partial charge in [-0.05, 0) is 44.0 Å². The van der Waals surface area contributed by atoms with Crippen molar-refractivity contribution in [3.63, 3.8) is 0 Å². The molecule has 0 radical (unpaired) electrons. The highest BCUT2D eigenvalue weighted by molar-refractivity contribution is 5.73. The molecule has 6 heteroatoms. The molecule has 0 bridgehead atoms. The maximum Gasteiger partial charge on any atom is 0.221 e. The van der Waals surface area contributed by atoms with Crippen molar-refractivity contribution in [3.05, 3.63) is 41.6 Å². The minimum atomic E-state index is 0.166. The van der Waals surface area contributed by atoms with Crippen LogP contribution >= 0.6 is 0 Å². The number of hydrogen-bond donors (Lipinski definition) is 2. The number of nitrogens with two attached hydrogens (primary N) is 2. The van der Waals surface area contributed by atoms with Crippen LogP contribution in [0, 0.1) is 0 Å². The van der Waals surface area contributed by atoms with Gasteiger partial charge in [-0.2, -0.15) is 4.98 Å². The molecule has 4 N–H and O–H groups in total. The van der Waals surface area contributed by atoms with Gasteiger partial charge in [0.25, 0.3) is 0 Å². The summed E-state index contributed by atoms with van der Waals surface area (Å²) >= 11 is 0. The second-order valence-electron chi connectivity index (χ2n) is 5.43. The van der Waals surface area contributed by atoms with Crippen molar-refractivity contribution in [2.45, 2.75) is 27.2 Å². The summed E-state index contributed by atoms with van der Waals surface area (Å²) in [5.74, 6) is 2.04. The zero-order valence-electron chi connectivity index (χ0n) is 14.4. The van der Waals surface area contributed by atoms with Gasteiger partial charge in [-0.25, -0.2) is 4.98 Å². The van der Waals surface area contributed by atoms with E-state index >= 15 is 0 Å². The fourth-order valence-electron chi connectivity index (χ4n) is 2.50. The SMILES string of the molecule is C=C(C)c1c(OCC)cc(Cc2cnc(N)nc2N)cc1OCC. The third kappa shape index (κ3) is 3.95. The van der Waals surface area contributed by atoms with Crippen molar-refractivity contribution in [1.82, 2.24) is 9.97 Å². The standard InChI is InChI=1S/C18H24N4O2/c1-5-23-14-8-12(7-13-10-21-18(20)22-17(13)19)9-15(24-6-2)16(14)11(3)4/h8-10H,3,5-7H2,1-2,4H3,(H4,19,20,21,22). The normalized spacial score (nSPS) is 10.5. The average molecular weight is 328 g/mol. The Kier molecular flexibility index (Phi) is 5.63. The van der Waals surface area contributed by atoms with Crippen molar-refractivity contribution in [1.29, 1.82) is 0 Å². The van der Waals surface area contributed by atoms with Crippen molar-refractivity contribution in [2.75, 3.05) is 24.7 Å². The van der Waals surface area contributed by atoms with Crippen LogP contribution in [0.4, 0.5) is 11.8 Å². The Morgan fingerprint density at radius 1 is 1.12 bits per heavy atom. The minimum Gasteiger partial charge on any atom is -0.493 e. The fraction of sp³-hybridized carbons (Fsp3) is 0.333. The van der Waals surface area contributed by atoms with Crippen LogP contribution in [0.25, 0.3) is 5.57 Å². The van der Waals surface area contributed by atoms with Crippen LogP contribution in [-0.2, 0) is 6.42 Å². The first-order valence-corrected chi connectivity index (χ1v) is 7.91. The van der Waals surface area contributed by atoms with Gasteiger partial charge in [-0.3, -0.25) is 0 Å². The molecule has 0 atom stereocenters. The van der Waals surface area contributed by atoms with Crippen LogP contribution in [0.2, 0.25) is 0 Å². The monoisotopic (exact) mass is 328 g/mol. The van der Waals surface area contributed by atoms with E-state index in [0.29, 0.717) is 25.5 Å². The fourth-order valence-corrected chi connectivity index (χ4v) is 2.50. The Labute approximate surface area is 142 Å². The topological polar surface area (TPSA) is 96.3 Å². The third-order valence-electron chi connectivity index (χ3n) is 3.46. The van der Waals surface area contributed by atoms with Crippen molar-refractivity contribution < 1.29 is 9.47 Å². The molecule has 2 rings (SSSR count). The third-order valence-corrected chi connectivity index (χ3v) is 3.46. The Morgan fingerprint density at radius 3 is 2.17 bits per heavy atom. The molecular weight excluding hydrogens is 304 g/mol. The Bertz CT molecular complexity index is 717. The number of aromatic nitrogens is 2. The second kappa shape index (κ2) is 7.68. The summed E-state index contributed by atoms with van der Waals surface area (Å²) in [6, 6.07) is 3.96. The zero-order chi connectivity index (χ0) is 17.7. The molecule has 128 valence electrons. The number of nitrogen functional groups attached to an aromatic ring is 2. The number of anilines is 2. The van der Waals surface area contributed by atoms with Gasteiger partial charge in [-0.1, -0.05) is 6.58 Å². The van der Waals surface area contributed by atoms with E-state index in [4.69, 9.17) is 20.9 Å². The lowest BCUT2D eigenvalue weighted by atomic mass is 10.00. The molecular formula is C18H24N4O2. The summed E-state index contributed by atoms with van der Waals surface area (Å²) in [6.45, 7) is 11.0. The summed E-state index contributed by atoms with van der Waals surface area (Å²) in [7, 11) is 0. The molecule has 0 saturated heterocycles. The molecule has 0 spiro atoms. The summed E-state index contributed by atoms with van der Waals surface area (Å²) in [6.07, 6.45) is 2.20. The molecule has 1 aromatic heterocycles. The smallest absolute Gasteiger partial charge is 0.221 e. The number of rotatable bonds is 7. The molecule has 6 nitrogen and oxygen atoms in total. The summed E-state index contributed by atoms with van der Waals surface area (Å²) in [5, 5.41) is 0. The first-order valence-electron chi connectivity index (χ1n) is 7.91. The van der Waals surface area contributed by atoms with Crippen molar-refractivity contribution in [2.24, 2.45) is 0 Å². The molecule has 0 amide bonds. The van der Waals surface area contributed by atoms with Crippen LogP contribution in [0.15, 0.2) is 24.9 Å². The van der Waals surface area contributed by atoms with E-state index in [0.717, 1.165) is 33.8 Å². The first-order chi connectivity index (χ1) is 11.5. The zero-order valence-corrected chi connectivity index (χ0v) is 14.4. The Morgan fingerprint density at radius 2 is 1.71 bits per heavy atom. The Balaban J connectivity index is 2.47. The van der Waals surface area contributed by atoms with E-state index in [2.05, 4.69) is 16.5 Å². The van der Waals surface area contributed by atoms with E-state index in [1.54, 1.807) is 6.20 Å². The molecule has 1 heterocycles. The van der Waals surface area contributed by atoms with Crippen LogP contribution in [0.1, 0.15) is 37.5 Å². The van der Waals surface area contributed by atoms with Gasteiger partial charge in [0.15, 0.2) is 0 Å². The summed E-state index contributed by atoms with van der Waals surface area (Å²) in [4.78, 5) is 8.01. The lowest BCUT2D eigenvalue weighted by molar-refractivity contribution is 0.321. The molecule has 0 aliphatic carbocycles. The number of nitrogens with zero attached hydrogens (tertiary/aromatic N) is 2. The maximum atomic E-state index is 5.93. The number of hydrogen-bond acceptors (Lipinski definition) is 6. The maximum absolute atomic E-state index is 5.93. The van der Waals surface area contributed by atoms with Gasteiger partial charge in [0.1, 0.15) is 17.3 Å². The minimum absolute atomic E-state index is 0.166. The molecule has 0 unspecified atom stereocenters. The summed E-state index contributed by atoms with van der Waals surface area (Å²) < 4.78 is 11.6. The quantitative estimate of drug-likeness (QED) is 0.811. The molecule has 2 aromatic rings. The molecule has 0 fully saturated rings. The highest BCUT2D eigenvalue weighted by atomic mass is 16.5. The van der Waals surface area contributed by atoms with Crippen LogP contribution in [0.5, 0.6) is 11.5 Å². The highest BCUT2D eigenvalue weighted by Gasteiger charge is 2.15. The van der Waals surface area contributed by atoms with Gasteiger partial charge in [0, 0.05) is 18.2 Å². The second-order valence-corrected chi connectivity index (χ2v) is 5.43. The van der Waals surface area contributed by atoms with Crippen LogP contribution in [0.3, 0.4) is 0 Å². The molecule has 0 saturated carbocycles. The van der Waals surface area contributed by atoms with Crippen molar-refractivity contribution >= 4 is 17.3 Å². The predicted molar refractivity (Wildman–Crippen MR) is 97.2 cm³/mol. The van der Waals surface area contributed by atoms with Crippen LogP contribution in [-0.4, -0.2) is 23.2 Å². The largest absolute Gasteiger partial charge is 0.493 e. The van der Waals surface area contributed by atoms with Crippen LogP contribution < -0.4 is 20.9 Å². The van der Waals surface area contributed by atoms with Gasteiger partial charge in [-0.15, -0.1) is 0 Å². The van der Waals surface area contributed by atoms with Gasteiger partial charge >= 0.3 is 0 Å². The number of ether oxygens (including phenoxy) is 2. The molecule has 0 aliphatic heterocycles. The first kappa shape index (κ1) is 17.6. The molecule has 0 aliphatic rings. The van der Waals surface area contributed by atoms with E-state index in [9.17, 15) is 0 Å². The average Bonchev–Trinajstić information content (AvgIpc) is 2.50. The molecule has 24 heavy (non-hydrogen) atoms. The van der Waals surface area contributed by atoms with E-state index in [1.165, 1.54) is 0 Å². The lowest BCUT2D eigenvalue weighted by Crippen LogP contribution is -2.06. The number of benzene rings is 1. The van der Waals surface area contributed by atoms with E-state index in [-0.39, 0.29) is 5.95 Å². The highest BCUT2D eigenvalue weighted by Crippen LogP contribution is 2.36. The predicted octanol–water partition coefficient (Wildman–Crippen LogP) is 3.06. The number of allylic oxidation sites excluding steroid dienone is 1. The Hall–Kier alpha value is -2.76. The van der Waals surface area contributed by atoms with E-state index in [1.807, 2.05) is 32.9 Å². The lowest BCUT2D eigenvalue weighted by Gasteiger charge is -2.17. The van der Waals surface area contributed by atoms with Gasteiger partial charge in [0.05, 0.1) is 18.8 Å². The van der Waals surface area contributed by atoms with E-state index < -0.39 is 0 Å².